The molecule has 102 valence electrons. The fraction of sp³-hybridized carbons (Fsp3) is 0.571. The van der Waals surface area contributed by atoms with E-state index in [0.29, 0.717) is 12.1 Å². The first-order chi connectivity index (χ1) is 9.15. The number of pyridine rings is 1. The lowest BCUT2D eigenvalue weighted by Gasteiger charge is -2.43. The Labute approximate surface area is 112 Å². The predicted molar refractivity (Wildman–Crippen MR) is 72.6 cm³/mol. The minimum Gasteiger partial charge on any atom is -0.478 e. The van der Waals surface area contributed by atoms with Crippen LogP contribution in [0.1, 0.15) is 30.1 Å². The number of anilines is 1. The van der Waals surface area contributed by atoms with E-state index >= 15 is 0 Å². The van der Waals surface area contributed by atoms with E-state index in [0.717, 1.165) is 18.9 Å². The fourth-order valence-electron chi connectivity index (χ4n) is 3.19. The van der Waals surface area contributed by atoms with E-state index in [2.05, 4.69) is 21.7 Å². The van der Waals surface area contributed by atoms with Crippen LogP contribution in [0.2, 0.25) is 0 Å². The molecule has 0 amide bonds. The molecule has 0 spiro atoms. The molecule has 0 saturated carbocycles. The molecule has 5 nitrogen and oxygen atoms in total. The number of rotatable bonds is 2. The normalized spacial score (nSPS) is 27.3. The van der Waals surface area contributed by atoms with E-state index in [-0.39, 0.29) is 5.56 Å². The Kier molecular flexibility index (Phi) is 3.14. The molecule has 0 aliphatic carbocycles. The first kappa shape index (κ1) is 12.4. The van der Waals surface area contributed by atoms with Gasteiger partial charge in [0, 0.05) is 31.4 Å². The van der Waals surface area contributed by atoms with Crippen LogP contribution >= 0.6 is 0 Å². The summed E-state index contributed by atoms with van der Waals surface area (Å²) in [5.74, 6) is -0.0308. The summed E-state index contributed by atoms with van der Waals surface area (Å²) in [5.41, 5.74) is 0.246. The molecule has 3 heterocycles. The summed E-state index contributed by atoms with van der Waals surface area (Å²) in [6, 6.07) is 4.53. The highest BCUT2D eigenvalue weighted by Crippen LogP contribution is 2.27. The minimum absolute atomic E-state index is 0.246. The highest BCUT2D eigenvalue weighted by molar-refractivity contribution is 5.87. The third-order valence-corrected chi connectivity index (χ3v) is 4.23. The van der Waals surface area contributed by atoms with Gasteiger partial charge in [0.25, 0.3) is 0 Å². The molecule has 0 bridgehead atoms. The number of carboxylic acid groups (broad SMARTS) is 1. The number of aromatic carboxylic acids is 1. The number of carboxylic acids is 1. The molecule has 0 aromatic carbocycles. The van der Waals surface area contributed by atoms with Gasteiger partial charge in [0.2, 0.25) is 0 Å². The fourth-order valence-corrected chi connectivity index (χ4v) is 3.19. The molecule has 2 fully saturated rings. The second-order valence-electron chi connectivity index (χ2n) is 5.50. The molecule has 2 atom stereocenters. The van der Waals surface area contributed by atoms with Crippen LogP contribution in [0.4, 0.5) is 5.82 Å². The zero-order valence-corrected chi connectivity index (χ0v) is 11.1. The van der Waals surface area contributed by atoms with Crippen LogP contribution in [0.3, 0.4) is 0 Å². The number of hydrogen-bond donors (Lipinski definition) is 1. The van der Waals surface area contributed by atoms with Crippen LogP contribution in [-0.4, -0.2) is 52.7 Å². The van der Waals surface area contributed by atoms with Gasteiger partial charge in [-0.2, -0.15) is 0 Å². The van der Waals surface area contributed by atoms with Crippen LogP contribution < -0.4 is 4.90 Å². The lowest BCUT2D eigenvalue weighted by molar-refractivity contribution is 0.0696. The molecule has 0 radical (unpaired) electrons. The highest BCUT2D eigenvalue weighted by Gasteiger charge is 2.34. The van der Waals surface area contributed by atoms with E-state index < -0.39 is 5.97 Å². The van der Waals surface area contributed by atoms with Crippen molar-refractivity contribution < 1.29 is 9.90 Å². The third-order valence-electron chi connectivity index (χ3n) is 4.23. The summed E-state index contributed by atoms with van der Waals surface area (Å²) in [5, 5.41) is 8.90. The van der Waals surface area contributed by atoms with E-state index in [9.17, 15) is 4.79 Å². The zero-order chi connectivity index (χ0) is 13.4. The van der Waals surface area contributed by atoms with Gasteiger partial charge in [0.1, 0.15) is 5.82 Å². The summed E-state index contributed by atoms with van der Waals surface area (Å²) in [6.45, 7) is 5.50. The van der Waals surface area contributed by atoms with Crippen molar-refractivity contribution in [2.24, 2.45) is 0 Å². The summed E-state index contributed by atoms with van der Waals surface area (Å²) < 4.78 is 0. The maximum Gasteiger partial charge on any atom is 0.337 e. The molecule has 2 unspecified atom stereocenters. The second kappa shape index (κ2) is 4.81. The Morgan fingerprint density at radius 2 is 2.26 bits per heavy atom. The molecule has 3 rings (SSSR count). The van der Waals surface area contributed by atoms with Crippen molar-refractivity contribution in [1.82, 2.24) is 9.88 Å². The van der Waals surface area contributed by atoms with Gasteiger partial charge >= 0.3 is 5.97 Å². The molecule has 1 N–H and O–H groups in total. The predicted octanol–water partition coefficient (Wildman–Crippen LogP) is 1.45. The van der Waals surface area contributed by atoms with Gasteiger partial charge in [0.05, 0.1) is 5.56 Å². The Morgan fingerprint density at radius 1 is 1.42 bits per heavy atom. The van der Waals surface area contributed by atoms with Crippen molar-refractivity contribution in [3.8, 4) is 0 Å². The van der Waals surface area contributed by atoms with Gasteiger partial charge in [-0.1, -0.05) is 0 Å². The third kappa shape index (κ3) is 2.30. The Bertz CT molecular complexity index is 474. The SMILES string of the molecule is CC1CN2CCCC2CN1c1ccc(C(=O)O)cn1. The molecule has 2 saturated heterocycles. The number of aromatic nitrogens is 1. The summed E-state index contributed by atoms with van der Waals surface area (Å²) in [6.07, 6.45) is 4.00. The molecule has 1 aromatic heterocycles. The van der Waals surface area contributed by atoms with Crippen molar-refractivity contribution in [2.45, 2.75) is 31.8 Å². The average molecular weight is 261 g/mol. The van der Waals surface area contributed by atoms with Gasteiger partial charge in [-0.15, -0.1) is 0 Å². The van der Waals surface area contributed by atoms with E-state index in [1.54, 1.807) is 6.07 Å². The van der Waals surface area contributed by atoms with Crippen molar-refractivity contribution in [3.63, 3.8) is 0 Å². The van der Waals surface area contributed by atoms with Crippen molar-refractivity contribution in [2.75, 3.05) is 24.5 Å². The Morgan fingerprint density at radius 3 is 2.95 bits per heavy atom. The van der Waals surface area contributed by atoms with Crippen molar-refractivity contribution >= 4 is 11.8 Å². The topological polar surface area (TPSA) is 56.7 Å². The van der Waals surface area contributed by atoms with Crippen LogP contribution in [0.5, 0.6) is 0 Å². The van der Waals surface area contributed by atoms with E-state index in [1.807, 2.05) is 6.07 Å². The molecule has 19 heavy (non-hydrogen) atoms. The largest absolute Gasteiger partial charge is 0.478 e. The lowest BCUT2D eigenvalue weighted by Crippen LogP contribution is -2.55. The number of fused-ring (bicyclic) bond motifs is 1. The summed E-state index contributed by atoms with van der Waals surface area (Å²) in [4.78, 5) is 20.0. The lowest BCUT2D eigenvalue weighted by atomic mass is 10.1. The van der Waals surface area contributed by atoms with E-state index in [1.165, 1.54) is 25.6 Å². The van der Waals surface area contributed by atoms with Gasteiger partial charge in [0.15, 0.2) is 0 Å². The zero-order valence-electron chi connectivity index (χ0n) is 11.1. The molecule has 2 aliphatic heterocycles. The smallest absolute Gasteiger partial charge is 0.337 e. The van der Waals surface area contributed by atoms with Gasteiger partial charge in [-0.25, -0.2) is 9.78 Å². The van der Waals surface area contributed by atoms with Crippen molar-refractivity contribution in [3.05, 3.63) is 23.9 Å². The average Bonchev–Trinajstić information content (AvgIpc) is 2.85. The molecule has 2 aliphatic rings. The first-order valence-corrected chi connectivity index (χ1v) is 6.85. The monoisotopic (exact) mass is 261 g/mol. The summed E-state index contributed by atoms with van der Waals surface area (Å²) in [7, 11) is 0. The molecule has 5 heteroatoms. The van der Waals surface area contributed by atoms with Crippen LogP contribution in [-0.2, 0) is 0 Å². The van der Waals surface area contributed by atoms with Gasteiger partial charge in [-0.3, -0.25) is 4.90 Å². The second-order valence-corrected chi connectivity index (χ2v) is 5.50. The summed E-state index contributed by atoms with van der Waals surface area (Å²) >= 11 is 0. The Hall–Kier alpha value is -1.62. The first-order valence-electron chi connectivity index (χ1n) is 6.85. The molecule has 1 aromatic rings. The van der Waals surface area contributed by atoms with Gasteiger partial charge < -0.3 is 10.0 Å². The van der Waals surface area contributed by atoms with Crippen LogP contribution in [0, 0.1) is 0 Å². The standard InChI is InChI=1S/C14H19N3O2/c1-10-8-16-6-2-3-12(16)9-17(10)13-5-4-11(7-15-13)14(18)19/h4-5,7,10,12H,2-3,6,8-9H2,1H3,(H,18,19). The van der Waals surface area contributed by atoms with Gasteiger partial charge in [-0.05, 0) is 38.4 Å². The quantitative estimate of drug-likeness (QED) is 0.873. The van der Waals surface area contributed by atoms with Crippen LogP contribution in [0.15, 0.2) is 18.3 Å². The maximum atomic E-state index is 10.8. The number of piperazine rings is 1. The molecular formula is C14H19N3O2. The number of nitrogens with zero attached hydrogens (tertiary/aromatic N) is 3. The van der Waals surface area contributed by atoms with E-state index in [4.69, 9.17) is 5.11 Å². The van der Waals surface area contributed by atoms with Crippen LogP contribution in [0.25, 0.3) is 0 Å². The Balaban J connectivity index is 1.79. The number of carbonyl (C=O) groups is 1. The van der Waals surface area contributed by atoms with Crippen molar-refractivity contribution in [1.29, 1.82) is 0 Å². The molecular weight excluding hydrogens is 242 g/mol. The minimum atomic E-state index is -0.923. The highest BCUT2D eigenvalue weighted by atomic mass is 16.4. The number of hydrogen-bond acceptors (Lipinski definition) is 4. The maximum absolute atomic E-state index is 10.8.